The largest absolute Gasteiger partial charge is 0.469 e. The van der Waals surface area contributed by atoms with Gasteiger partial charge < -0.3 is 10.2 Å². The summed E-state index contributed by atoms with van der Waals surface area (Å²) >= 11 is 0. The smallest absolute Gasteiger partial charge is 0.108 e. The summed E-state index contributed by atoms with van der Waals surface area (Å²) in [6, 6.07) is 3.37. The lowest BCUT2D eigenvalue weighted by molar-refractivity contribution is 0.0821. The van der Waals surface area contributed by atoms with Gasteiger partial charge in [0.25, 0.3) is 0 Å². The van der Waals surface area contributed by atoms with E-state index in [2.05, 4.69) is 18.0 Å². The summed E-state index contributed by atoms with van der Waals surface area (Å²) < 4.78 is 5.63. The quantitative estimate of drug-likeness (QED) is 0.910. The second-order valence-electron chi connectivity index (χ2n) is 6.22. The van der Waals surface area contributed by atoms with Crippen molar-refractivity contribution >= 4 is 0 Å². The van der Waals surface area contributed by atoms with Crippen LogP contribution >= 0.6 is 0 Å². The van der Waals surface area contributed by atoms with Crippen LogP contribution in [0.15, 0.2) is 16.7 Å². The van der Waals surface area contributed by atoms with Crippen LogP contribution in [0, 0.1) is 5.92 Å². The molecule has 19 heavy (non-hydrogen) atoms. The molecule has 0 spiro atoms. The summed E-state index contributed by atoms with van der Waals surface area (Å²) in [5.74, 6) is 1.89. The first-order valence-electron chi connectivity index (χ1n) is 7.79. The Morgan fingerprint density at radius 2 is 2.11 bits per heavy atom. The average Bonchev–Trinajstić information content (AvgIpc) is 2.94. The molecule has 0 saturated heterocycles. The minimum absolute atomic E-state index is 0.541. The van der Waals surface area contributed by atoms with Crippen molar-refractivity contribution < 1.29 is 4.42 Å². The summed E-state index contributed by atoms with van der Waals surface area (Å²) in [6.45, 7) is 0.833. The first kappa shape index (κ1) is 13.2. The van der Waals surface area contributed by atoms with Gasteiger partial charge in [-0.05, 0) is 51.3 Å². The standard InChI is InChI=1S/C16H26N2O/c1-18(14-6-3-2-5-12(14)11-17)15-7-4-8-16-13(15)9-10-19-16/h9-10,12,14-15H,2-8,11,17H2,1H3. The van der Waals surface area contributed by atoms with Crippen LogP contribution in [0.4, 0.5) is 0 Å². The molecule has 1 aromatic heterocycles. The van der Waals surface area contributed by atoms with Gasteiger partial charge in [0, 0.05) is 24.1 Å². The van der Waals surface area contributed by atoms with Crippen molar-refractivity contribution in [2.75, 3.05) is 13.6 Å². The van der Waals surface area contributed by atoms with Crippen molar-refractivity contribution in [1.82, 2.24) is 4.90 Å². The van der Waals surface area contributed by atoms with Gasteiger partial charge >= 0.3 is 0 Å². The maximum Gasteiger partial charge on any atom is 0.108 e. The summed E-state index contributed by atoms with van der Waals surface area (Å²) in [5.41, 5.74) is 7.42. The predicted octanol–water partition coefficient (Wildman–Crippen LogP) is 3.11. The van der Waals surface area contributed by atoms with Gasteiger partial charge in [0.1, 0.15) is 5.76 Å². The highest BCUT2D eigenvalue weighted by Crippen LogP contribution is 2.38. The van der Waals surface area contributed by atoms with Gasteiger partial charge in [0.05, 0.1) is 6.26 Å². The fourth-order valence-electron chi connectivity index (χ4n) is 4.12. The molecule has 0 radical (unpaired) electrons. The van der Waals surface area contributed by atoms with E-state index in [1.165, 1.54) is 49.8 Å². The van der Waals surface area contributed by atoms with Crippen molar-refractivity contribution in [2.24, 2.45) is 11.7 Å². The van der Waals surface area contributed by atoms with Gasteiger partial charge in [0.2, 0.25) is 0 Å². The van der Waals surface area contributed by atoms with E-state index in [1.807, 2.05) is 6.26 Å². The predicted molar refractivity (Wildman–Crippen MR) is 77.0 cm³/mol. The zero-order valence-corrected chi connectivity index (χ0v) is 12.0. The van der Waals surface area contributed by atoms with Crippen molar-refractivity contribution in [3.05, 3.63) is 23.7 Å². The van der Waals surface area contributed by atoms with E-state index < -0.39 is 0 Å². The summed E-state index contributed by atoms with van der Waals surface area (Å²) in [5, 5.41) is 0. The third-order valence-corrected chi connectivity index (χ3v) is 5.21. The normalized spacial score (nSPS) is 31.4. The zero-order chi connectivity index (χ0) is 13.2. The Hall–Kier alpha value is -0.800. The summed E-state index contributed by atoms with van der Waals surface area (Å²) in [6.07, 6.45) is 10.8. The molecule has 3 atom stereocenters. The monoisotopic (exact) mass is 262 g/mol. The fraction of sp³-hybridized carbons (Fsp3) is 0.750. The molecule has 1 saturated carbocycles. The zero-order valence-electron chi connectivity index (χ0n) is 12.0. The van der Waals surface area contributed by atoms with Crippen LogP contribution in [0.1, 0.15) is 55.9 Å². The average molecular weight is 262 g/mol. The molecule has 0 aromatic carbocycles. The second kappa shape index (κ2) is 5.68. The maximum atomic E-state index is 5.99. The lowest BCUT2D eigenvalue weighted by atomic mass is 9.81. The Kier molecular flexibility index (Phi) is 3.94. The molecular weight excluding hydrogens is 236 g/mol. The summed E-state index contributed by atoms with van der Waals surface area (Å²) in [7, 11) is 2.30. The molecule has 0 amide bonds. The van der Waals surface area contributed by atoms with E-state index in [0.29, 0.717) is 18.0 Å². The highest BCUT2D eigenvalue weighted by atomic mass is 16.3. The number of hydrogen-bond donors (Lipinski definition) is 1. The molecule has 3 nitrogen and oxygen atoms in total. The molecule has 2 aliphatic rings. The number of fused-ring (bicyclic) bond motifs is 1. The molecule has 3 unspecified atom stereocenters. The van der Waals surface area contributed by atoms with Crippen LogP contribution in [0.3, 0.4) is 0 Å². The van der Waals surface area contributed by atoms with E-state index in [-0.39, 0.29) is 0 Å². The van der Waals surface area contributed by atoms with E-state index in [1.54, 1.807) is 0 Å². The lowest BCUT2D eigenvalue weighted by Gasteiger charge is -2.42. The minimum atomic E-state index is 0.541. The molecule has 0 aliphatic heterocycles. The Labute approximate surface area is 116 Å². The molecule has 3 rings (SSSR count). The van der Waals surface area contributed by atoms with Crippen LogP contribution in [-0.4, -0.2) is 24.5 Å². The van der Waals surface area contributed by atoms with Crippen LogP contribution in [0.2, 0.25) is 0 Å². The number of furan rings is 1. The molecule has 1 aromatic rings. The van der Waals surface area contributed by atoms with Gasteiger partial charge in [0.15, 0.2) is 0 Å². The number of rotatable bonds is 3. The fourth-order valence-corrected chi connectivity index (χ4v) is 4.12. The highest BCUT2D eigenvalue weighted by molar-refractivity contribution is 5.24. The molecule has 3 heteroatoms. The van der Waals surface area contributed by atoms with Gasteiger partial charge in [-0.3, -0.25) is 4.90 Å². The molecule has 2 aliphatic carbocycles. The van der Waals surface area contributed by atoms with Crippen molar-refractivity contribution in [3.8, 4) is 0 Å². The molecular formula is C16H26N2O. The molecule has 0 bridgehead atoms. The number of nitrogens with zero attached hydrogens (tertiary/aromatic N) is 1. The third kappa shape index (κ3) is 2.46. The molecule has 106 valence electrons. The molecule has 1 fully saturated rings. The SMILES string of the molecule is CN(C1CCCc2occc21)C1CCCCC1CN. The topological polar surface area (TPSA) is 42.4 Å². The first-order valence-corrected chi connectivity index (χ1v) is 7.79. The van der Waals surface area contributed by atoms with Crippen LogP contribution in [0.5, 0.6) is 0 Å². The second-order valence-corrected chi connectivity index (χ2v) is 6.22. The van der Waals surface area contributed by atoms with Gasteiger partial charge in [-0.2, -0.15) is 0 Å². The Balaban J connectivity index is 1.79. The highest BCUT2D eigenvalue weighted by Gasteiger charge is 2.34. The van der Waals surface area contributed by atoms with Crippen molar-refractivity contribution in [3.63, 3.8) is 0 Å². The third-order valence-electron chi connectivity index (χ3n) is 5.21. The van der Waals surface area contributed by atoms with Crippen LogP contribution in [0.25, 0.3) is 0 Å². The van der Waals surface area contributed by atoms with E-state index in [4.69, 9.17) is 10.2 Å². The number of aryl methyl sites for hydroxylation is 1. The molecule has 2 N–H and O–H groups in total. The number of hydrogen-bond acceptors (Lipinski definition) is 3. The van der Waals surface area contributed by atoms with Crippen LogP contribution in [-0.2, 0) is 6.42 Å². The van der Waals surface area contributed by atoms with Gasteiger partial charge in [-0.15, -0.1) is 0 Å². The number of nitrogens with two attached hydrogens (primary N) is 1. The Morgan fingerprint density at radius 1 is 1.26 bits per heavy atom. The minimum Gasteiger partial charge on any atom is -0.469 e. The van der Waals surface area contributed by atoms with Gasteiger partial charge in [-0.1, -0.05) is 12.8 Å². The summed E-state index contributed by atoms with van der Waals surface area (Å²) in [4.78, 5) is 2.60. The van der Waals surface area contributed by atoms with Crippen molar-refractivity contribution in [1.29, 1.82) is 0 Å². The maximum absolute atomic E-state index is 5.99. The van der Waals surface area contributed by atoms with E-state index in [9.17, 15) is 0 Å². The van der Waals surface area contributed by atoms with Gasteiger partial charge in [-0.25, -0.2) is 0 Å². The lowest BCUT2D eigenvalue weighted by Crippen LogP contribution is -2.45. The van der Waals surface area contributed by atoms with E-state index in [0.717, 1.165) is 13.0 Å². The first-order chi connectivity index (χ1) is 9.31. The van der Waals surface area contributed by atoms with Crippen LogP contribution < -0.4 is 5.73 Å². The molecule has 1 heterocycles. The van der Waals surface area contributed by atoms with E-state index >= 15 is 0 Å². The van der Waals surface area contributed by atoms with Crippen molar-refractivity contribution in [2.45, 2.75) is 57.0 Å². The Morgan fingerprint density at radius 3 is 2.95 bits per heavy atom. The Bertz CT molecular complexity index is 415.